The lowest BCUT2D eigenvalue weighted by Gasteiger charge is -2.27. The van der Waals surface area contributed by atoms with Gasteiger partial charge in [0.1, 0.15) is 0 Å². The summed E-state index contributed by atoms with van der Waals surface area (Å²) in [4.78, 5) is 43.3. The van der Waals surface area contributed by atoms with E-state index in [4.69, 9.17) is 0 Å². The van der Waals surface area contributed by atoms with E-state index >= 15 is 0 Å². The van der Waals surface area contributed by atoms with Crippen LogP contribution in [0.25, 0.3) is 0 Å². The van der Waals surface area contributed by atoms with Crippen molar-refractivity contribution in [3.05, 3.63) is 79.9 Å². The first kappa shape index (κ1) is 27.5. The molecule has 2 fully saturated rings. The number of halogens is 1. The second kappa shape index (κ2) is 14.5. The molecule has 13 heteroatoms. The first-order valence-corrected chi connectivity index (χ1v) is 12.0. The van der Waals surface area contributed by atoms with Crippen LogP contribution in [-0.2, 0) is 11.9 Å². The zero-order chi connectivity index (χ0) is 25.6. The second-order valence-electron chi connectivity index (χ2n) is 7.52. The number of nitro benzene ring substituents is 2. The van der Waals surface area contributed by atoms with Crippen LogP contribution in [0.5, 0.6) is 0 Å². The van der Waals surface area contributed by atoms with Gasteiger partial charge in [0.2, 0.25) is 0 Å². The molecule has 0 atom stereocenters. The number of rotatable bonds is 5. The van der Waals surface area contributed by atoms with E-state index in [1.165, 1.54) is 24.3 Å². The first-order valence-electron chi connectivity index (χ1n) is 10.9. The van der Waals surface area contributed by atoms with Gasteiger partial charge in [-0.05, 0) is 24.0 Å². The van der Waals surface area contributed by atoms with Crippen LogP contribution in [0.1, 0.15) is 25.4 Å². The normalized spacial score (nSPS) is 14.6. The Kier molecular flexibility index (Phi) is 11.4. The lowest BCUT2D eigenvalue weighted by molar-refractivity contribution is -0.385. The Bertz CT molecular complexity index is 1000. The fraction of sp³-hybridized carbons (Fsp3) is 0.364. The van der Waals surface area contributed by atoms with Crippen LogP contribution in [0.4, 0.5) is 21.0 Å². The highest BCUT2D eigenvalue weighted by Crippen LogP contribution is 2.15. The molecule has 2 heterocycles. The van der Waals surface area contributed by atoms with Gasteiger partial charge in [0, 0.05) is 63.7 Å². The van der Waals surface area contributed by atoms with E-state index in [2.05, 4.69) is 31.9 Å². The molecule has 2 aliphatic rings. The Morgan fingerprint density at radius 1 is 0.800 bits per heavy atom. The highest BCUT2D eigenvalue weighted by Gasteiger charge is 2.17. The maximum absolute atomic E-state index is 11.5. The SMILES string of the molecule is O=C1NCCCN1.O=C1NCCCN1Cc1ccc([N+](=O)[O-])cc1.O=[N+]([O-])c1ccc(CBr)cc1.[HH]. The minimum absolute atomic E-state index is 0. The predicted octanol–water partition coefficient (Wildman–Crippen LogP) is 3.94. The molecule has 0 saturated carbocycles. The summed E-state index contributed by atoms with van der Waals surface area (Å²) in [6, 6.07) is 12.6. The summed E-state index contributed by atoms with van der Waals surface area (Å²) in [7, 11) is 0. The Balaban J connectivity index is 0.000000293. The zero-order valence-corrected chi connectivity index (χ0v) is 20.5. The van der Waals surface area contributed by atoms with Gasteiger partial charge in [0.15, 0.2) is 0 Å². The number of benzene rings is 2. The minimum atomic E-state index is -0.433. The quantitative estimate of drug-likeness (QED) is 0.289. The molecule has 2 aromatic rings. The van der Waals surface area contributed by atoms with Crippen LogP contribution < -0.4 is 16.0 Å². The molecule has 0 radical (unpaired) electrons. The fourth-order valence-corrected chi connectivity index (χ4v) is 3.41. The number of nitrogens with zero attached hydrogens (tertiary/aromatic N) is 3. The van der Waals surface area contributed by atoms with Gasteiger partial charge >= 0.3 is 12.1 Å². The predicted molar refractivity (Wildman–Crippen MR) is 135 cm³/mol. The Labute approximate surface area is 212 Å². The van der Waals surface area contributed by atoms with Crippen molar-refractivity contribution in [2.24, 2.45) is 0 Å². The maximum Gasteiger partial charge on any atom is 0.317 e. The van der Waals surface area contributed by atoms with Gasteiger partial charge in [-0.3, -0.25) is 20.2 Å². The molecule has 2 aliphatic heterocycles. The van der Waals surface area contributed by atoms with Crippen LogP contribution in [0, 0.1) is 20.2 Å². The van der Waals surface area contributed by atoms with E-state index in [1.54, 1.807) is 29.2 Å². The smallest absolute Gasteiger partial charge is 0.317 e. The number of non-ortho nitro benzene ring substituents is 2. The van der Waals surface area contributed by atoms with Crippen molar-refractivity contribution in [1.29, 1.82) is 0 Å². The number of hydrogen-bond acceptors (Lipinski definition) is 6. The van der Waals surface area contributed by atoms with Crippen LogP contribution in [0.15, 0.2) is 48.5 Å². The molecule has 0 aliphatic carbocycles. The molecule has 4 amide bonds. The molecule has 0 aromatic heterocycles. The van der Waals surface area contributed by atoms with Crippen LogP contribution in [0.3, 0.4) is 0 Å². The van der Waals surface area contributed by atoms with Crippen molar-refractivity contribution < 1.29 is 20.9 Å². The van der Waals surface area contributed by atoms with Gasteiger partial charge in [-0.2, -0.15) is 0 Å². The molecule has 0 unspecified atom stereocenters. The molecular weight excluding hydrogens is 524 g/mol. The number of carbonyl (C=O) groups excluding carboxylic acids is 2. The largest absolute Gasteiger partial charge is 0.338 e. The van der Waals surface area contributed by atoms with E-state index in [-0.39, 0.29) is 24.9 Å². The topological polar surface area (TPSA) is 160 Å². The lowest BCUT2D eigenvalue weighted by Crippen LogP contribution is -2.45. The van der Waals surface area contributed by atoms with Crippen LogP contribution in [0.2, 0.25) is 0 Å². The Hall–Kier alpha value is -3.74. The third-order valence-corrected chi connectivity index (χ3v) is 5.56. The highest BCUT2D eigenvalue weighted by molar-refractivity contribution is 9.08. The third-order valence-electron chi connectivity index (χ3n) is 4.91. The van der Waals surface area contributed by atoms with Crippen molar-refractivity contribution in [3.63, 3.8) is 0 Å². The number of amides is 4. The summed E-state index contributed by atoms with van der Waals surface area (Å²) in [6.45, 7) is 3.58. The average Bonchev–Trinajstić information content (AvgIpc) is 2.87. The highest BCUT2D eigenvalue weighted by atomic mass is 79.9. The van der Waals surface area contributed by atoms with E-state index < -0.39 is 9.85 Å². The molecule has 2 saturated heterocycles. The molecule has 3 N–H and O–H groups in total. The summed E-state index contributed by atoms with van der Waals surface area (Å²) in [6.07, 6.45) is 1.98. The Morgan fingerprint density at radius 2 is 1.29 bits per heavy atom. The van der Waals surface area contributed by atoms with Crippen LogP contribution in [-0.4, -0.2) is 53.0 Å². The molecule has 2 aromatic carbocycles. The maximum atomic E-state index is 11.5. The standard InChI is InChI=1S/C11H13N3O3.C7H6BrNO2.C4H8N2O.H2/c15-11-12-6-1-7-13(11)8-9-2-4-10(5-3-9)14(16)17;8-5-6-1-3-7(4-2-6)9(10)11;7-4-5-2-1-3-6-4;/h2-5H,1,6-8H2,(H,12,15);1-4H,5H2;1-3H2,(H2,5,6,7);1H. The monoisotopic (exact) mass is 552 g/mol. The first-order chi connectivity index (χ1) is 16.8. The number of alkyl halides is 1. The summed E-state index contributed by atoms with van der Waals surface area (Å²) in [5, 5.41) is 29.4. The number of hydrogen-bond donors (Lipinski definition) is 3. The third kappa shape index (κ3) is 9.96. The van der Waals surface area contributed by atoms with Crippen molar-refractivity contribution in [2.75, 3.05) is 26.2 Å². The summed E-state index contributed by atoms with van der Waals surface area (Å²) in [5.74, 6) is 0. The average molecular weight is 553 g/mol. The van der Waals surface area contributed by atoms with Gasteiger partial charge in [-0.15, -0.1) is 0 Å². The molecule has 12 nitrogen and oxygen atoms in total. The van der Waals surface area contributed by atoms with Crippen LogP contribution >= 0.6 is 15.9 Å². The number of carbonyl (C=O) groups is 2. The molecule has 4 rings (SSSR count). The Morgan fingerprint density at radius 3 is 1.69 bits per heavy atom. The van der Waals surface area contributed by atoms with Gasteiger partial charge < -0.3 is 20.9 Å². The fourth-order valence-electron chi connectivity index (χ4n) is 3.03. The number of urea groups is 2. The van der Waals surface area contributed by atoms with Crippen molar-refractivity contribution >= 4 is 39.4 Å². The van der Waals surface area contributed by atoms with Gasteiger partial charge in [-0.25, -0.2) is 9.59 Å². The van der Waals surface area contributed by atoms with Gasteiger partial charge in [0.05, 0.1) is 9.85 Å². The second-order valence-corrected chi connectivity index (χ2v) is 8.08. The summed E-state index contributed by atoms with van der Waals surface area (Å²) >= 11 is 3.25. The van der Waals surface area contributed by atoms with Crippen molar-refractivity contribution in [1.82, 2.24) is 20.9 Å². The lowest BCUT2D eigenvalue weighted by atomic mass is 10.2. The van der Waals surface area contributed by atoms with E-state index in [0.717, 1.165) is 55.5 Å². The van der Waals surface area contributed by atoms with Gasteiger partial charge in [-0.1, -0.05) is 40.2 Å². The molecular formula is C22H29BrN6O6. The van der Waals surface area contributed by atoms with E-state index in [9.17, 15) is 29.8 Å². The minimum Gasteiger partial charge on any atom is -0.338 e. The number of nitro groups is 2. The number of nitrogens with one attached hydrogen (secondary N) is 3. The van der Waals surface area contributed by atoms with Gasteiger partial charge in [0.25, 0.3) is 11.4 Å². The molecule has 35 heavy (non-hydrogen) atoms. The molecule has 0 spiro atoms. The van der Waals surface area contributed by atoms with E-state index in [0.29, 0.717) is 6.54 Å². The van der Waals surface area contributed by atoms with Crippen molar-refractivity contribution in [2.45, 2.75) is 24.7 Å². The van der Waals surface area contributed by atoms with Crippen molar-refractivity contribution in [3.8, 4) is 0 Å². The summed E-state index contributed by atoms with van der Waals surface area (Å²) < 4.78 is 0. The molecule has 190 valence electrons. The zero-order valence-electron chi connectivity index (χ0n) is 18.9. The molecule has 0 bridgehead atoms. The summed E-state index contributed by atoms with van der Waals surface area (Å²) in [5.41, 5.74) is 2.13. The van der Waals surface area contributed by atoms with E-state index in [1.807, 2.05) is 0 Å².